The van der Waals surface area contributed by atoms with Gasteiger partial charge in [-0.05, 0) is 32.6 Å². The molecule has 0 aromatic carbocycles. The second kappa shape index (κ2) is 7.23. The molecule has 4 N–H and O–H groups in total. The highest BCUT2D eigenvalue weighted by molar-refractivity contribution is 5.34. The van der Waals surface area contributed by atoms with E-state index in [4.69, 9.17) is 10.6 Å². The van der Waals surface area contributed by atoms with Crippen LogP contribution in [0.25, 0.3) is 0 Å². The topological polar surface area (TPSA) is 98.0 Å². The summed E-state index contributed by atoms with van der Waals surface area (Å²) < 4.78 is 5.49. The normalized spacial score (nSPS) is 16.2. The predicted octanol–water partition coefficient (Wildman–Crippen LogP) is 1.94. The van der Waals surface area contributed by atoms with Gasteiger partial charge in [0.2, 0.25) is 11.9 Å². The number of ether oxygens (including phenoxy) is 1. The molecule has 0 saturated heterocycles. The van der Waals surface area contributed by atoms with Crippen molar-refractivity contribution < 1.29 is 4.74 Å². The van der Waals surface area contributed by atoms with Gasteiger partial charge in [-0.15, -0.1) is 0 Å². The SMILES string of the molecule is CC(C)Oc1nc(NN)nc(NCC2CCCCC2)n1. The summed E-state index contributed by atoms with van der Waals surface area (Å²) in [7, 11) is 0. The van der Waals surface area contributed by atoms with E-state index in [0.29, 0.717) is 17.8 Å². The average molecular weight is 280 g/mol. The van der Waals surface area contributed by atoms with Crippen LogP contribution < -0.4 is 21.3 Å². The molecule has 0 bridgehead atoms. The van der Waals surface area contributed by atoms with Gasteiger partial charge in [0.15, 0.2) is 0 Å². The summed E-state index contributed by atoms with van der Waals surface area (Å²) in [5, 5.41) is 3.26. The molecule has 1 aromatic heterocycles. The summed E-state index contributed by atoms with van der Waals surface area (Å²) in [5.41, 5.74) is 2.44. The maximum Gasteiger partial charge on any atom is 0.323 e. The fraction of sp³-hybridized carbons (Fsp3) is 0.769. The van der Waals surface area contributed by atoms with Gasteiger partial charge < -0.3 is 10.1 Å². The molecule has 7 nitrogen and oxygen atoms in total. The zero-order chi connectivity index (χ0) is 14.4. The van der Waals surface area contributed by atoms with Crippen LogP contribution in [0.3, 0.4) is 0 Å². The summed E-state index contributed by atoms with van der Waals surface area (Å²) in [6.07, 6.45) is 6.55. The summed E-state index contributed by atoms with van der Waals surface area (Å²) >= 11 is 0. The van der Waals surface area contributed by atoms with E-state index in [9.17, 15) is 0 Å². The first-order valence-electron chi connectivity index (χ1n) is 7.30. The third-order valence-electron chi connectivity index (χ3n) is 3.36. The van der Waals surface area contributed by atoms with Crippen molar-refractivity contribution >= 4 is 11.9 Å². The molecule has 0 unspecified atom stereocenters. The van der Waals surface area contributed by atoms with Gasteiger partial charge in [0, 0.05) is 6.54 Å². The zero-order valence-corrected chi connectivity index (χ0v) is 12.2. The van der Waals surface area contributed by atoms with Crippen molar-refractivity contribution in [2.45, 2.75) is 52.1 Å². The van der Waals surface area contributed by atoms with Crippen LogP contribution >= 0.6 is 0 Å². The summed E-state index contributed by atoms with van der Waals surface area (Å²) in [5.74, 6) is 6.89. The Kier molecular flexibility index (Phi) is 5.34. The van der Waals surface area contributed by atoms with Crippen LogP contribution in [0.4, 0.5) is 11.9 Å². The van der Waals surface area contributed by atoms with Crippen molar-refractivity contribution in [3.8, 4) is 6.01 Å². The van der Waals surface area contributed by atoms with Gasteiger partial charge in [-0.1, -0.05) is 19.3 Å². The van der Waals surface area contributed by atoms with Crippen LogP contribution in [0.1, 0.15) is 46.0 Å². The number of nitrogens with zero attached hydrogens (tertiary/aromatic N) is 3. The lowest BCUT2D eigenvalue weighted by Crippen LogP contribution is -2.20. The molecule has 1 aromatic rings. The minimum atomic E-state index is 0.00854. The Morgan fingerprint density at radius 1 is 1.15 bits per heavy atom. The monoisotopic (exact) mass is 280 g/mol. The van der Waals surface area contributed by atoms with E-state index in [2.05, 4.69) is 25.7 Å². The largest absolute Gasteiger partial charge is 0.461 e. The van der Waals surface area contributed by atoms with E-state index in [1.165, 1.54) is 32.1 Å². The van der Waals surface area contributed by atoms with Gasteiger partial charge >= 0.3 is 6.01 Å². The minimum Gasteiger partial charge on any atom is -0.461 e. The number of hydrogen-bond acceptors (Lipinski definition) is 7. The van der Waals surface area contributed by atoms with Crippen molar-refractivity contribution in [2.75, 3.05) is 17.3 Å². The molecule has 2 rings (SSSR count). The summed E-state index contributed by atoms with van der Waals surface area (Å²) in [6.45, 7) is 4.73. The zero-order valence-electron chi connectivity index (χ0n) is 12.2. The highest BCUT2D eigenvalue weighted by atomic mass is 16.5. The molecule has 0 amide bonds. The van der Waals surface area contributed by atoms with E-state index >= 15 is 0 Å². The van der Waals surface area contributed by atoms with Crippen LogP contribution in [0.5, 0.6) is 6.01 Å². The molecule has 7 heteroatoms. The molecule has 1 heterocycles. The van der Waals surface area contributed by atoms with Gasteiger partial charge in [-0.25, -0.2) is 5.84 Å². The Balaban J connectivity index is 1.98. The standard InChI is InChI=1S/C13H24N6O/c1-9(2)20-13-17-11(16-12(18-13)19-14)15-8-10-6-4-3-5-7-10/h9-10H,3-8,14H2,1-2H3,(H2,15,16,17,18,19). The van der Waals surface area contributed by atoms with Crippen molar-refractivity contribution in [3.63, 3.8) is 0 Å². The lowest BCUT2D eigenvalue weighted by molar-refractivity contribution is 0.222. The predicted molar refractivity (Wildman–Crippen MR) is 78.5 cm³/mol. The highest BCUT2D eigenvalue weighted by Gasteiger charge is 2.14. The number of rotatable bonds is 6. The number of anilines is 2. The molecule has 1 saturated carbocycles. The Bertz CT molecular complexity index is 419. The summed E-state index contributed by atoms with van der Waals surface area (Å²) in [6, 6.07) is 0.286. The first-order valence-corrected chi connectivity index (χ1v) is 7.30. The average Bonchev–Trinajstić information content (AvgIpc) is 2.45. The van der Waals surface area contributed by atoms with Crippen LogP contribution in [0, 0.1) is 5.92 Å². The Labute approximate surface area is 119 Å². The van der Waals surface area contributed by atoms with Crippen molar-refractivity contribution in [3.05, 3.63) is 0 Å². The molecule has 0 aliphatic heterocycles. The second-order valence-corrected chi connectivity index (χ2v) is 5.46. The van der Waals surface area contributed by atoms with Crippen LogP contribution in [-0.4, -0.2) is 27.6 Å². The molecule has 20 heavy (non-hydrogen) atoms. The fourth-order valence-corrected chi connectivity index (χ4v) is 2.39. The summed E-state index contributed by atoms with van der Waals surface area (Å²) in [4.78, 5) is 12.5. The van der Waals surface area contributed by atoms with Crippen molar-refractivity contribution in [1.29, 1.82) is 0 Å². The lowest BCUT2D eigenvalue weighted by Gasteiger charge is -2.21. The number of hydrazine groups is 1. The highest BCUT2D eigenvalue weighted by Crippen LogP contribution is 2.23. The van der Waals surface area contributed by atoms with Crippen molar-refractivity contribution in [1.82, 2.24) is 15.0 Å². The molecule has 0 atom stereocenters. The minimum absolute atomic E-state index is 0.00854. The first-order chi connectivity index (χ1) is 9.67. The number of hydrogen-bond donors (Lipinski definition) is 3. The van der Waals surface area contributed by atoms with Crippen LogP contribution in [0.2, 0.25) is 0 Å². The van der Waals surface area contributed by atoms with Crippen LogP contribution in [-0.2, 0) is 0 Å². The van der Waals surface area contributed by atoms with E-state index in [-0.39, 0.29) is 12.1 Å². The number of nitrogen functional groups attached to an aromatic ring is 1. The number of nitrogens with one attached hydrogen (secondary N) is 2. The second-order valence-electron chi connectivity index (χ2n) is 5.46. The van der Waals surface area contributed by atoms with Gasteiger partial charge in [-0.2, -0.15) is 15.0 Å². The van der Waals surface area contributed by atoms with Gasteiger partial charge in [0.1, 0.15) is 0 Å². The van der Waals surface area contributed by atoms with E-state index in [1.807, 2.05) is 13.8 Å². The lowest BCUT2D eigenvalue weighted by atomic mass is 9.89. The van der Waals surface area contributed by atoms with Gasteiger partial charge in [-0.3, -0.25) is 5.43 Å². The Morgan fingerprint density at radius 2 is 1.85 bits per heavy atom. The molecular formula is C13H24N6O. The molecule has 0 spiro atoms. The first kappa shape index (κ1) is 14.8. The van der Waals surface area contributed by atoms with Gasteiger partial charge in [0.25, 0.3) is 0 Å². The molecule has 112 valence electrons. The Morgan fingerprint density at radius 3 is 2.50 bits per heavy atom. The third-order valence-corrected chi connectivity index (χ3v) is 3.36. The van der Waals surface area contributed by atoms with E-state index in [1.54, 1.807) is 0 Å². The Hall–Kier alpha value is -1.63. The third kappa shape index (κ3) is 4.48. The maximum atomic E-state index is 5.49. The van der Waals surface area contributed by atoms with E-state index < -0.39 is 0 Å². The molecule has 1 aliphatic carbocycles. The van der Waals surface area contributed by atoms with E-state index in [0.717, 1.165) is 6.54 Å². The number of aromatic nitrogens is 3. The quantitative estimate of drug-likeness (QED) is 0.541. The smallest absolute Gasteiger partial charge is 0.323 e. The molecule has 1 fully saturated rings. The van der Waals surface area contributed by atoms with Crippen molar-refractivity contribution in [2.24, 2.45) is 11.8 Å². The maximum absolute atomic E-state index is 5.49. The number of nitrogens with two attached hydrogens (primary N) is 1. The van der Waals surface area contributed by atoms with Gasteiger partial charge in [0.05, 0.1) is 6.10 Å². The molecule has 1 aliphatic rings. The fourth-order valence-electron chi connectivity index (χ4n) is 2.39. The molecular weight excluding hydrogens is 256 g/mol. The molecule has 0 radical (unpaired) electrons. The van der Waals surface area contributed by atoms with Crippen LogP contribution in [0.15, 0.2) is 0 Å².